The smallest absolute Gasteiger partial charge is 0.0431 e. The van der Waals surface area contributed by atoms with E-state index >= 15 is 0 Å². The lowest BCUT2D eigenvalue weighted by molar-refractivity contribution is 0.282. The molecule has 3 nitrogen and oxygen atoms in total. The molecule has 1 heterocycles. The van der Waals surface area contributed by atoms with Gasteiger partial charge in [-0.25, -0.2) is 0 Å². The SMILES string of the molecule is CC(N)c1cccn1CCCCCCO. The molecular weight excluding hydrogens is 188 g/mol. The lowest BCUT2D eigenvalue weighted by Crippen LogP contribution is -2.11. The molecule has 1 aromatic rings. The zero-order valence-electron chi connectivity index (χ0n) is 9.52. The van der Waals surface area contributed by atoms with E-state index in [1.165, 1.54) is 12.1 Å². The second-order valence-electron chi connectivity index (χ2n) is 4.05. The molecule has 0 fully saturated rings. The molecule has 0 amide bonds. The maximum Gasteiger partial charge on any atom is 0.0431 e. The van der Waals surface area contributed by atoms with E-state index in [1.807, 2.05) is 13.0 Å². The summed E-state index contributed by atoms with van der Waals surface area (Å²) >= 11 is 0. The molecular formula is C12H22N2O. The molecule has 1 rings (SSSR count). The molecule has 3 heteroatoms. The van der Waals surface area contributed by atoms with Gasteiger partial charge in [-0.1, -0.05) is 12.8 Å². The van der Waals surface area contributed by atoms with Gasteiger partial charge in [0.1, 0.15) is 0 Å². The fourth-order valence-electron chi connectivity index (χ4n) is 1.79. The first-order valence-corrected chi connectivity index (χ1v) is 5.77. The van der Waals surface area contributed by atoms with E-state index in [0.29, 0.717) is 6.61 Å². The van der Waals surface area contributed by atoms with Crippen LogP contribution in [0.5, 0.6) is 0 Å². The summed E-state index contributed by atoms with van der Waals surface area (Å²) in [5.41, 5.74) is 7.06. The highest BCUT2D eigenvalue weighted by molar-refractivity contribution is 5.10. The Morgan fingerprint density at radius 2 is 2.07 bits per heavy atom. The first-order valence-electron chi connectivity index (χ1n) is 5.77. The molecule has 0 bridgehead atoms. The average molecular weight is 210 g/mol. The Labute approximate surface area is 91.9 Å². The molecule has 0 radical (unpaired) electrons. The number of aryl methyl sites for hydroxylation is 1. The van der Waals surface area contributed by atoms with Crippen molar-refractivity contribution in [2.75, 3.05) is 6.61 Å². The third-order valence-electron chi connectivity index (χ3n) is 2.64. The number of unbranched alkanes of at least 4 members (excludes halogenated alkanes) is 3. The minimum absolute atomic E-state index is 0.109. The maximum atomic E-state index is 8.64. The zero-order valence-corrected chi connectivity index (χ0v) is 9.52. The van der Waals surface area contributed by atoms with Gasteiger partial charge >= 0.3 is 0 Å². The van der Waals surface area contributed by atoms with Gasteiger partial charge in [-0.15, -0.1) is 0 Å². The predicted molar refractivity (Wildman–Crippen MR) is 62.6 cm³/mol. The summed E-state index contributed by atoms with van der Waals surface area (Å²) in [4.78, 5) is 0. The van der Waals surface area contributed by atoms with Crippen molar-refractivity contribution in [1.29, 1.82) is 0 Å². The lowest BCUT2D eigenvalue weighted by Gasteiger charge is -2.11. The van der Waals surface area contributed by atoms with Crippen molar-refractivity contribution in [2.45, 2.75) is 45.2 Å². The Hall–Kier alpha value is -0.800. The molecule has 1 aromatic heterocycles. The van der Waals surface area contributed by atoms with Gasteiger partial charge in [0.25, 0.3) is 0 Å². The number of hydrogen-bond donors (Lipinski definition) is 2. The van der Waals surface area contributed by atoms with Crippen molar-refractivity contribution in [3.63, 3.8) is 0 Å². The van der Waals surface area contributed by atoms with E-state index in [2.05, 4.69) is 16.8 Å². The second kappa shape index (κ2) is 6.64. The fourth-order valence-corrected chi connectivity index (χ4v) is 1.79. The standard InChI is InChI=1S/C12H22N2O/c1-11(13)12-7-6-9-14(12)8-4-2-3-5-10-15/h6-7,9,11,15H,2-5,8,10,13H2,1H3. The molecule has 0 saturated heterocycles. The van der Waals surface area contributed by atoms with Crippen LogP contribution in [0, 0.1) is 0 Å². The van der Waals surface area contributed by atoms with E-state index in [4.69, 9.17) is 10.8 Å². The second-order valence-corrected chi connectivity index (χ2v) is 4.05. The Morgan fingerprint density at radius 3 is 2.73 bits per heavy atom. The Morgan fingerprint density at radius 1 is 1.33 bits per heavy atom. The van der Waals surface area contributed by atoms with Crippen LogP contribution in [0.4, 0.5) is 0 Å². The van der Waals surface area contributed by atoms with Crippen molar-refractivity contribution in [2.24, 2.45) is 5.73 Å². The maximum absolute atomic E-state index is 8.64. The Bertz CT molecular complexity index is 268. The molecule has 0 aromatic carbocycles. The van der Waals surface area contributed by atoms with Crippen LogP contribution in [0.1, 0.15) is 44.3 Å². The van der Waals surface area contributed by atoms with Crippen LogP contribution >= 0.6 is 0 Å². The summed E-state index contributed by atoms with van der Waals surface area (Å²) in [5.74, 6) is 0. The average Bonchev–Trinajstić information content (AvgIpc) is 2.66. The van der Waals surface area contributed by atoms with E-state index in [-0.39, 0.29) is 6.04 Å². The van der Waals surface area contributed by atoms with Crippen LogP contribution in [0.2, 0.25) is 0 Å². The van der Waals surface area contributed by atoms with Gasteiger partial charge in [0.05, 0.1) is 0 Å². The van der Waals surface area contributed by atoms with Crippen molar-refractivity contribution < 1.29 is 5.11 Å². The minimum Gasteiger partial charge on any atom is -0.396 e. The van der Waals surface area contributed by atoms with Crippen molar-refractivity contribution in [3.05, 3.63) is 24.0 Å². The quantitative estimate of drug-likeness (QED) is 0.677. The van der Waals surface area contributed by atoms with E-state index in [0.717, 1.165) is 25.8 Å². The third-order valence-corrected chi connectivity index (χ3v) is 2.64. The Balaban J connectivity index is 2.28. The van der Waals surface area contributed by atoms with E-state index in [1.54, 1.807) is 0 Å². The normalized spacial score (nSPS) is 13.0. The number of nitrogens with two attached hydrogens (primary N) is 1. The highest BCUT2D eigenvalue weighted by Gasteiger charge is 2.04. The van der Waals surface area contributed by atoms with Crippen LogP contribution < -0.4 is 5.73 Å². The van der Waals surface area contributed by atoms with Crippen LogP contribution in [0.15, 0.2) is 18.3 Å². The summed E-state index contributed by atoms with van der Waals surface area (Å²) in [7, 11) is 0. The molecule has 3 N–H and O–H groups in total. The summed E-state index contributed by atoms with van der Waals surface area (Å²) in [6, 6.07) is 4.24. The highest BCUT2D eigenvalue weighted by atomic mass is 16.2. The van der Waals surface area contributed by atoms with Crippen LogP contribution in [-0.2, 0) is 6.54 Å². The van der Waals surface area contributed by atoms with Gasteiger partial charge in [0.2, 0.25) is 0 Å². The topological polar surface area (TPSA) is 51.2 Å². The first-order chi connectivity index (χ1) is 7.25. The van der Waals surface area contributed by atoms with E-state index in [9.17, 15) is 0 Å². The lowest BCUT2D eigenvalue weighted by atomic mass is 10.2. The zero-order chi connectivity index (χ0) is 11.1. The van der Waals surface area contributed by atoms with Gasteiger partial charge in [0, 0.05) is 31.1 Å². The summed E-state index contributed by atoms with van der Waals surface area (Å²) in [6.45, 7) is 3.36. The van der Waals surface area contributed by atoms with Gasteiger partial charge in [-0.3, -0.25) is 0 Å². The van der Waals surface area contributed by atoms with Crippen LogP contribution in [0.3, 0.4) is 0 Å². The molecule has 86 valence electrons. The number of aliphatic hydroxyl groups excluding tert-OH is 1. The number of nitrogens with zero attached hydrogens (tertiary/aromatic N) is 1. The molecule has 0 spiro atoms. The van der Waals surface area contributed by atoms with Crippen LogP contribution in [0.25, 0.3) is 0 Å². The molecule has 0 saturated carbocycles. The number of rotatable bonds is 7. The Kier molecular flexibility index (Phi) is 5.43. The summed E-state index contributed by atoms with van der Waals surface area (Å²) in [5, 5.41) is 8.64. The monoisotopic (exact) mass is 210 g/mol. The first kappa shape index (κ1) is 12.3. The van der Waals surface area contributed by atoms with Gasteiger partial charge in [0.15, 0.2) is 0 Å². The number of aliphatic hydroxyl groups is 1. The van der Waals surface area contributed by atoms with Crippen molar-refractivity contribution >= 4 is 0 Å². The minimum atomic E-state index is 0.109. The largest absolute Gasteiger partial charge is 0.396 e. The molecule has 0 aliphatic rings. The predicted octanol–water partition coefficient (Wildman–Crippen LogP) is 2.06. The molecule has 0 aliphatic heterocycles. The van der Waals surface area contributed by atoms with E-state index < -0.39 is 0 Å². The van der Waals surface area contributed by atoms with Crippen molar-refractivity contribution in [3.8, 4) is 0 Å². The summed E-state index contributed by atoms with van der Waals surface area (Å²) in [6.07, 6.45) is 6.47. The highest BCUT2D eigenvalue weighted by Crippen LogP contribution is 2.12. The van der Waals surface area contributed by atoms with Gasteiger partial charge < -0.3 is 15.4 Å². The molecule has 0 aliphatic carbocycles. The number of hydrogen-bond acceptors (Lipinski definition) is 2. The van der Waals surface area contributed by atoms with Gasteiger partial charge in [-0.2, -0.15) is 0 Å². The third kappa shape index (κ3) is 4.06. The van der Waals surface area contributed by atoms with Crippen molar-refractivity contribution in [1.82, 2.24) is 4.57 Å². The molecule has 15 heavy (non-hydrogen) atoms. The number of aromatic nitrogens is 1. The summed E-state index contributed by atoms with van der Waals surface area (Å²) < 4.78 is 2.23. The molecule has 1 atom stereocenters. The fraction of sp³-hybridized carbons (Fsp3) is 0.667. The molecule has 1 unspecified atom stereocenters. The van der Waals surface area contributed by atoms with Gasteiger partial charge in [-0.05, 0) is 31.9 Å². The van der Waals surface area contributed by atoms with Crippen LogP contribution in [-0.4, -0.2) is 16.3 Å².